The molecule has 2 aromatic carbocycles. The van der Waals surface area contributed by atoms with Gasteiger partial charge in [-0.05, 0) is 41.8 Å². The van der Waals surface area contributed by atoms with E-state index in [1.807, 2.05) is 18.2 Å². The van der Waals surface area contributed by atoms with Crippen LogP contribution in [0.5, 0.6) is 0 Å². The second-order valence-electron chi connectivity index (χ2n) is 7.90. The van der Waals surface area contributed by atoms with Crippen LogP contribution in [0.1, 0.15) is 36.7 Å². The summed E-state index contributed by atoms with van der Waals surface area (Å²) in [7, 11) is -2.03. The molecule has 1 amide bonds. The molecule has 0 unspecified atom stereocenters. The van der Waals surface area contributed by atoms with E-state index < -0.39 is 21.7 Å². The first-order valence-corrected chi connectivity index (χ1v) is 13.1. The number of rotatable bonds is 6. The lowest BCUT2D eigenvalue weighted by atomic mass is 10.0. The molecule has 1 aliphatic heterocycles. The van der Waals surface area contributed by atoms with E-state index in [0.29, 0.717) is 29.1 Å². The number of fused-ring (bicyclic) bond motifs is 1. The van der Waals surface area contributed by atoms with Crippen LogP contribution in [0.25, 0.3) is 0 Å². The number of carbonyl (C=O) groups is 2. The number of amides is 1. The average Bonchev–Trinajstić information content (AvgIpc) is 3.15. The fourth-order valence-electron chi connectivity index (χ4n) is 3.87. The van der Waals surface area contributed by atoms with Gasteiger partial charge in [-0.2, -0.15) is 0 Å². The summed E-state index contributed by atoms with van der Waals surface area (Å²) in [5, 5.41) is 3.28. The highest BCUT2D eigenvalue weighted by Gasteiger charge is 2.29. The van der Waals surface area contributed by atoms with Crippen molar-refractivity contribution in [1.82, 2.24) is 4.90 Å². The zero-order valence-electron chi connectivity index (χ0n) is 18.3. The number of hydrogen-bond donors (Lipinski definition) is 1. The van der Waals surface area contributed by atoms with Crippen molar-refractivity contribution in [2.75, 3.05) is 25.2 Å². The van der Waals surface area contributed by atoms with Crippen LogP contribution in [0, 0.1) is 0 Å². The number of nitrogens with zero attached hydrogens (tertiary/aromatic N) is 1. The summed E-state index contributed by atoms with van der Waals surface area (Å²) >= 11 is 1.38. The van der Waals surface area contributed by atoms with Crippen molar-refractivity contribution >= 4 is 38.1 Å². The lowest BCUT2D eigenvalue weighted by Crippen LogP contribution is -2.29. The molecule has 1 aliphatic rings. The molecule has 0 spiro atoms. The summed E-state index contributed by atoms with van der Waals surface area (Å²) in [6.07, 6.45) is 1.80. The zero-order chi connectivity index (χ0) is 23.6. The SMILES string of the molecule is COC(=O)c1c(NC(=O)c2ccc(S(C)(=O)=O)cc2)sc2c1CCN(Cc1ccccc1)C2. The minimum atomic E-state index is -3.35. The Balaban J connectivity index is 1.57. The van der Waals surface area contributed by atoms with Crippen LogP contribution < -0.4 is 5.32 Å². The number of hydrogen-bond acceptors (Lipinski definition) is 7. The molecule has 3 aromatic rings. The summed E-state index contributed by atoms with van der Waals surface area (Å²) in [6, 6.07) is 15.9. The molecular weight excluding hydrogens is 460 g/mol. The van der Waals surface area contributed by atoms with Crippen LogP contribution in [0.2, 0.25) is 0 Å². The molecule has 0 atom stereocenters. The predicted molar refractivity (Wildman–Crippen MR) is 127 cm³/mol. The summed E-state index contributed by atoms with van der Waals surface area (Å²) in [4.78, 5) is 28.9. The van der Waals surface area contributed by atoms with Gasteiger partial charge in [-0.3, -0.25) is 9.69 Å². The number of benzene rings is 2. The Morgan fingerprint density at radius 3 is 2.42 bits per heavy atom. The van der Waals surface area contributed by atoms with E-state index in [2.05, 4.69) is 22.3 Å². The molecule has 0 radical (unpaired) electrons. The van der Waals surface area contributed by atoms with E-state index in [1.54, 1.807) is 0 Å². The van der Waals surface area contributed by atoms with E-state index >= 15 is 0 Å². The minimum Gasteiger partial charge on any atom is -0.465 e. The Hall–Kier alpha value is -3.01. The van der Waals surface area contributed by atoms with E-state index in [1.165, 1.54) is 48.3 Å². The normalized spacial score (nSPS) is 13.9. The van der Waals surface area contributed by atoms with Crippen LogP contribution in [-0.2, 0) is 34.1 Å². The molecular formula is C24H24N2O5S2. The highest BCUT2D eigenvalue weighted by atomic mass is 32.2. The lowest BCUT2D eigenvalue weighted by Gasteiger charge is -2.27. The van der Waals surface area contributed by atoms with Crippen LogP contribution >= 0.6 is 11.3 Å². The standard InChI is InChI=1S/C24H24N2O5S2/c1-31-24(28)21-19-12-13-26(14-16-6-4-3-5-7-16)15-20(19)32-23(21)25-22(27)17-8-10-18(11-9-17)33(2,29)30/h3-11H,12-15H2,1-2H3,(H,25,27). The van der Waals surface area contributed by atoms with Crippen molar-refractivity contribution in [3.05, 3.63) is 81.7 Å². The molecule has 1 N–H and O–H groups in total. The maximum absolute atomic E-state index is 12.8. The van der Waals surface area contributed by atoms with Crippen molar-refractivity contribution in [3.8, 4) is 0 Å². The molecule has 33 heavy (non-hydrogen) atoms. The molecule has 0 bridgehead atoms. The molecule has 0 aliphatic carbocycles. The molecule has 0 saturated heterocycles. The Kier molecular flexibility index (Phi) is 6.64. The second-order valence-corrected chi connectivity index (χ2v) is 11.0. The Bertz CT molecular complexity index is 1280. The number of anilines is 1. The van der Waals surface area contributed by atoms with Gasteiger partial charge in [0.1, 0.15) is 5.00 Å². The Labute approximate surface area is 196 Å². The van der Waals surface area contributed by atoms with E-state index in [0.717, 1.165) is 29.8 Å². The van der Waals surface area contributed by atoms with Crippen molar-refractivity contribution < 1.29 is 22.7 Å². The topological polar surface area (TPSA) is 92.8 Å². The molecule has 0 saturated carbocycles. The number of ether oxygens (including phenoxy) is 1. The van der Waals surface area contributed by atoms with Crippen LogP contribution in [0.4, 0.5) is 5.00 Å². The van der Waals surface area contributed by atoms with Gasteiger partial charge in [0.2, 0.25) is 0 Å². The highest BCUT2D eigenvalue weighted by molar-refractivity contribution is 7.90. The quantitative estimate of drug-likeness (QED) is 0.536. The van der Waals surface area contributed by atoms with Gasteiger partial charge in [0.15, 0.2) is 9.84 Å². The van der Waals surface area contributed by atoms with Crippen molar-refractivity contribution in [2.24, 2.45) is 0 Å². The van der Waals surface area contributed by atoms with Gasteiger partial charge in [0, 0.05) is 36.3 Å². The largest absolute Gasteiger partial charge is 0.465 e. The minimum absolute atomic E-state index is 0.138. The zero-order valence-corrected chi connectivity index (χ0v) is 20.0. The number of carbonyl (C=O) groups excluding carboxylic acids is 2. The number of esters is 1. The Morgan fingerprint density at radius 1 is 1.09 bits per heavy atom. The van der Waals surface area contributed by atoms with Crippen molar-refractivity contribution in [1.29, 1.82) is 0 Å². The first kappa shape index (κ1) is 23.2. The number of thiophene rings is 1. The van der Waals surface area contributed by atoms with Gasteiger partial charge in [-0.15, -0.1) is 11.3 Å². The molecule has 1 aromatic heterocycles. The Morgan fingerprint density at radius 2 is 1.79 bits per heavy atom. The molecule has 0 fully saturated rings. The highest BCUT2D eigenvalue weighted by Crippen LogP contribution is 2.38. The maximum atomic E-state index is 12.8. The monoisotopic (exact) mass is 484 g/mol. The van der Waals surface area contributed by atoms with Gasteiger partial charge in [0.25, 0.3) is 5.91 Å². The summed E-state index contributed by atoms with van der Waals surface area (Å²) in [6.45, 7) is 2.28. The second kappa shape index (κ2) is 9.46. The fourth-order valence-corrected chi connectivity index (χ4v) is 5.77. The molecule has 2 heterocycles. The first-order chi connectivity index (χ1) is 15.8. The molecule has 172 valence electrons. The molecule has 4 rings (SSSR count). The first-order valence-electron chi connectivity index (χ1n) is 10.4. The summed E-state index contributed by atoms with van der Waals surface area (Å²) in [5.41, 5.74) is 2.84. The van der Waals surface area contributed by atoms with E-state index in [-0.39, 0.29) is 4.90 Å². The van der Waals surface area contributed by atoms with Crippen LogP contribution in [-0.4, -0.2) is 45.1 Å². The third kappa shape index (κ3) is 5.16. The average molecular weight is 485 g/mol. The summed E-state index contributed by atoms with van der Waals surface area (Å²) in [5.74, 6) is -0.897. The third-order valence-electron chi connectivity index (χ3n) is 5.55. The maximum Gasteiger partial charge on any atom is 0.341 e. The van der Waals surface area contributed by atoms with Gasteiger partial charge < -0.3 is 10.1 Å². The van der Waals surface area contributed by atoms with E-state index in [9.17, 15) is 18.0 Å². The van der Waals surface area contributed by atoms with Gasteiger partial charge in [-0.25, -0.2) is 13.2 Å². The van der Waals surface area contributed by atoms with Gasteiger partial charge >= 0.3 is 5.97 Å². The predicted octanol–water partition coefficient (Wildman–Crippen LogP) is 3.75. The van der Waals surface area contributed by atoms with Crippen molar-refractivity contribution in [3.63, 3.8) is 0 Å². The van der Waals surface area contributed by atoms with Gasteiger partial charge in [-0.1, -0.05) is 30.3 Å². The van der Waals surface area contributed by atoms with Crippen molar-refractivity contribution in [2.45, 2.75) is 24.4 Å². The number of nitrogens with one attached hydrogen (secondary N) is 1. The molecule has 9 heteroatoms. The smallest absolute Gasteiger partial charge is 0.341 e. The summed E-state index contributed by atoms with van der Waals surface area (Å²) < 4.78 is 28.3. The van der Waals surface area contributed by atoms with Crippen LogP contribution in [0.15, 0.2) is 59.5 Å². The van der Waals surface area contributed by atoms with Gasteiger partial charge in [0.05, 0.1) is 17.6 Å². The molecule has 7 nitrogen and oxygen atoms in total. The van der Waals surface area contributed by atoms with Crippen LogP contribution in [0.3, 0.4) is 0 Å². The van der Waals surface area contributed by atoms with E-state index in [4.69, 9.17) is 4.74 Å². The fraction of sp³-hybridized carbons (Fsp3) is 0.250. The lowest BCUT2D eigenvalue weighted by molar-refractivity contribution is 0.0600. The number of methoxy groups -OCH3 is 1. The third-order valence-corrected chi connectivity index (χ3v) is 7.81. The number of sulfone groups is 1.